The molecule has 0 aromatic heterocycles. The van der Waals surface area contributed by atoms with Gasteiger partial charge in [0.25, 0.3) is 0 Å². The van der Waals surface area contributed by atoms with Gasteiger partial charge in [-0.15, -0.1) is 0 Å². The maximum Gasteiger partial charge on any atom is 0.163 e. The molecule has 2 N–H and O–H groups in total. The number of nitriles is 1. The van der Waals surface area contributed by atoms with E-state index in [9.17, 15) is 4.79 Å². The maximum atomic E-state index is 11.3. The minimum Gasteiger partial charge on any atom is -0.399 e. The number of benzene rings is 1. The molecule has 0 unspecified atom stereocenters. The van der Waals surface area contributed by atoms with Gasteiger partial charge in [-0.05, 0) is 24.1 Å². The standard InChI is InChI=1S/C10H8N2O/c11-5-6-3-7(12)4-9-8(6)1-2-10(9)13/h3-4H,1-2,12H2. The number of Topliss-reactive ketones (excluding diaryl/α,β-unsaturated/α-hetero) is 1. The van der Waals surface area contributed by atoms with Crippen molar-refractivity contribution in [2.24, 2.45) is 0 Å². The van der Waals surface area contributed by atoms with Gasteiger partial charge in [-0.2, -0.15) is 5.26 Å². The summed E-state index contributed by atoms with van der Waals surface area (Å²) >= 11 is 0. The molecule has 64 valence electrons. The van der Waals surface area contributed by atoms with Gasteiger partial charge < -0.3 is 5.73 Å². The Bertz CT molecular complexity index is 429. The molecule has 13 heavy (non-hydrogen) atoms. The summed E-state index contributed by atoms with van der Waals surface area (Å²) in [4.78, 5) is 11.3. The summed E-state index contributed by atoms with van der Waals surface area (Å²) in [5, 5.41) is 8.80. The molecule has 0 aliphatic heterocycles. The molecule has 0 amide bonds. The number of ketones is 1. The van der Waals surface area contributed by atoms with E-state index < -0.39 is 0 Å². The molecule has 1 aromatic rings. The van der Waals surface area contributed by atoms with Crippen LogP contribution in [0, 0.1) is 11.3 Å². The molecule has 0 atom stereocenters. The Balaban J connectivity index is 2.72. The fourth-order valence-electron chi connectivity index (χ4n) is 1.69. The van der Waals surface area contributed by atoms with Crippen molar-refractivity contribution < 1.29 is 4.79 Å². The summed E-state index contributed by atoms with van der Waals surface area (Å²) in [6.07, 6.45) is 1.19. The van der Waals surface area contributed by atoms with E-state index in [0.717, 1.165) is 5.56 Å². The molecular weight excluding hydrogens is 164 g/mol. The normalized spacial score (nSPS) is 13.9. The van der Waals surface area contributed by atoms with E-state index in [-0.39, 0.29) is 5.78 Å². The number of nitrogens with two attached hydrogens (primary N) is 1. The second-order valence-corrected chi connectivity index (χ2v) is 3.13. The van der Waals surface area contributed by atoms with Crippen molar-refractivity contribution in [2.75, 3.05) is 5.73 Å². The third-order valence-electron chi connectivity index (χ3n) is 2.30. The number of carbonyl (C=O) groups is 1. The van der Waals surface area contributed by atoms with Crippen LogP contribution in [0.4, 0.5) is 5.69 Å². The third-order valence-corrected chi connectivity index (χ3v) is 2.30. The van der Waals surface area contributed by atoms with Crippen LogP contribution in [0.5, 0.6) is 0 Å². The van der Waals surface area contributed by atoms with Crippen molar-refractivity contribution >= 4 is 11.5 Å². The number of nitrogens with zero attached hydrogens (tertiary/aromatic N) is 1. The predicted molar refractivity (Wildman–Crippen MR) is 48.2 cm³/mol. The maximum absolute atomic E-state index is 11.3. The second-order valence-electron chi connectivity index (χ2n) is 3.13. The molecule has 0 saturated heterocycles. The lowest BCUT2D eigenvalue weighted by molar-refractivity contribution is 0.0994. The van der Waals surface area contributed by atoms with E-state index in [1.165, 1.54) is 0 Å². The fraction of sp³-hybridized carbons (Fsp3) is 0.200. The Labute approximate surface area is 75.8 Å². The zero-order valence-electron chi connectivity index (χ0n) is 7.00. The van der Waals surface area contributed by atoms with Crippen molar-refractivity contribution in [3.63, 3.8) is 0 Å². The molecule has 0 bridgehead atoms. The highest BCUT2D eigenvalue weighted by molar-refractivity contribution is 6.01. The number of rotatable bonds is 0. The number of anilines is 1. The van der Waals surface area contributed by atoms with E-state index in [1.807, 2.05) is 0 Å². The van der Waals surface area contributed by atoms with E-state index >= 15 is 0 Å². The van der Waals surface area contributed by atoms with Crippen LogP contribution in [0.25, 0.3) is 0 Å². The van der Waals surface area contributed by atoms with Gasteiger partial charge in [0.05, 0.1) is 11.6 Å². The van der Waals surface area contributed by atoms with Crippen molar-refractivity contribution in [3.05, 3.63) is 28.8 Å². The molecule has 0 heterocycles. The minimum atomic E-state index is 0.0961. The molecule has 1 aliphatic carbocycles. The Morgan fingerprint density at radius 3 is 2.85 bits per heavy atom. The van der Waals surface area contributed by atoms with Crippen molar-refractivity contribution in [2.45, 2.75) is 12.8 Å². The molecular formula is C10H8N2O. The summed E-state index contributed by atoms with van der Waals surface area (Å²) in [7, 11) is 0. The van der Waals surface area contributed by atoms with Crippen LogP contribution in [0.15, 0.2) is 12.1 Å². The molecule has 1 aliphatic rings. The minimum absolute atomic E-state index is 0.0961. The van der Waals surface area contributed by atoms with E-state index in [2.05, 4.69) is 6.07 Å². The quantitative estimate of drug-likeness (QED) is 0.599. The van der Waals surface area contributed by atoms with Gasteiger partial charge in [-0.25, -0.2) is 0 Å². The summed E-state index contributed by atoms with van der Waals surface area (Å²) in [6.45, 7) is 0. The first-order valence-corrected chi connectivity index (χ1v) is 4.08. The lowest BCUT2D eigenvalue weighted by atomic mass is 10.0. The van der Waals surface area contributed by atoms with Crippen LogP contribution in [-0.2, 0) is 6.42 Å². The average molecular weight is 172 g/mol. The molecule has 0 fully saturated rings. The second kappa shape index (κ2) is 2.60. The SMILES string of the molecule is N#Cc1cc(N)cc2c1CCC2=O. The first-order chi connectivity index (χ1) is 6.22. The van der Waals surface area contributed by atoms with Gasteiger partial charge >= 0.3 is 0 Å². The zero-order valence-corrected chi connectivity index (χ0v) is 7.00. The Hall–Kier alpha value is -1.82. The third kappa shape index (κ3) is 1.07. The summed E-state index contributed by atoms with van der Waals surface area (Å²) in [5.74, 6) is 0.0961. The van der Waals surface area contributed by atoms with Gasteiger partial charge in [0.15, 0.2) is 5.78 Å². The molecule has 0 spiro atoms. The van der Waals surface area contributed by atoms with Crippen LogP contribution in [0.1, 0.15) is 27.9 Å². The number of hydrogen-bond acceptors (Lipinski definition) is 3. The lowest BCUT2D eigenvalue weighted by Gasteiger charge is -2.01. The average Bonchev–Trinajstić information content (AvgIpc) is 2.47. The number of hydrogen-bond donors (Lipinski definition) is 1. The predicted octanol–water partition coefficient (Wildman–Crippen LogP) is 1.27. The molecule has 3 nitrogen and oxygen atoms in total. The zero-order chi connectivity index (χ0) is 9.42. The largest absolute Gasteiger partial charge is 0.399 e. The molecule has 1 aromatic carbocycles. The Morgan fingerprint density at radius 1 is 1.38 bits per heavy atom. The Morgan fingerprint density at radius 2 is 2.15 bits per heavy atom. The Kier molecular flexibility index (Phi) is 1.56. The molecule has 0 radical (unpaired) electrons. The van der Waals surface area contributed by atoms with Crippen LogP contribution < -0.4 is 5.73 Å². The number of carbonyl (C=O) groups excluding carboxylic acids is 1. The highest BCUT2D eigenvalue weighted by atomic mass is 16.1. The van der Waals surface area contributed by atoms with Crippen molar-refractivity contribution in [1.82, 2.24) is 0 Å². The van der Waals surface area contributed by atoms with Gasteiger partial charge in [0.2, 0.25) is 0 Å². The summed E-state index contributed by atoms with van der Waals surface area (Å²) < 4.78 is 0. The summed E-state index contributed by atoms with van der Waals surface area (Å²) in [5.41, 5.74) is 8.10. The molecule has 3 heteroatoms. The van der Waals surface area contributed by atoms with E-state index in [1.54, 1.807) is 12.1 Å². The monoisotopic (exact) mass is 172 g/mol. The molecule has 2 rings (SSSR count). The van der Waals surface area contributed by atoms with Crippen LogP contribution in [0.3, 0.4) is 0 Å². The van der Waals surface area contributed by atoms with Gasteiger partial charge in [-0.3, -0.25) is 4.79 Å². The first kappa shape index (κ1) is 7.81. The number of fused-ring (bicyclic) bond motifs is 1. The van der Waals surface area contributed by atoms with E-state index in [0.29, 0.717) is 29.7 Å². The highest BCUT2D eigenvalue weighted by Gasteiger charge is 2.22. The first-order valence-electron chi connectivity index (χ1n) is 4.08. The van der Waals surface area contributed by atoms with Crippen molar-refractivity contribution in [1.29, 1.82) is 5.26 Å². The van der Waals surface area contributed by atoms with E-state index in [4.69, 9.17) is 11.0 Å². The van der Waals surface area contributed by atoms with Gasteiger partial charge in [0, 0.05) is 17.7 Å². The fourth-order valence-corrected chi connectivity index (χ4v) is 1.69. The highest BCUT2D eigenvalue weighted by Crippen LogP contribution is 2.27. The van der Waals surface area contributed by atoms with Gasteiger partial charge in [-0.1, -0.05) is 0 Å². The van der Waals surface area contributed by atoms with Crippen molar-refractivity contribution in [3.8, 4) is 6.07 Å². The van der Waals surface area contributed by atoms with Gasteiger partial charge in [0.1, 0.15) is 0 Å². The number of nitrogen functional groups attached to an aromatic ring is 1. The molecule has 0 saturated carbocycles. The summed E-state index contributed by atoms with van der Waals surface area (Å²) in [6, 6.07) is 5.34. The van der Waals surface area contributed by atoms with Crippen LogP contribution in [-0.4, -0.2) is 5.78 Å². The van der Waals surface area contributed by atoms with Crippen LogP contribution in [0.2, 0.25) is 0 Å². The lowest BCUT2D eigenvalue weighted by Crippen LogP contribution is -1.96. The topological polar surface area (TPSA) is 66.9 Å². The smallest absolute Gasteiger partial charge is 0.163 e. The van der Waals surface area contributed by atoms with Crippen LogP contribution >= 0.6 is 0 Å².